The van der Waals surface area contributed by atoms with E-state index in [-0.39, 0.29) is 12.2 Å². The van der Waals surface area contributed by atoms with Crippen LogP contribution in [0.15, 0.2) is 130 Å². The Bertz CT molecular complexity index is 2000. The third kappa shape index (κ3) is 6.10. The maximum atomic E-state index is 14.1. The number of thioether (sulfide) groups is 1. The molecule has 43 heavy (non-hydrogen) atoms. The molecule has 0 aliphatic carbocycles. The van der Waals surface area contributed by atoms with E-state index in [9.17, 15) is 9.59 Å². The molecule has 1 atom stereocenters. The summed E-state index contributed by atoms with van der Waals surface area (Å²) in [6.07, 6.45) is 3.74. The SMILES string of the molecule is CCOC(=O)C1=C(c2ccccc2)N=c2s/c(=C/c3cc(Br)c(Sc4ccccc4)o3)c(=O)n2[C@@H]1c1ccc(SC)cc1. The van der Waals surface area contributed by atoms with Crippen molar-refractivity contribution in [2.75, 3.05) is 12.9 Å². The van der Waals surface area contributed by atoms with E-state index in [1.54, 1.807) is 29.3 Å². The Kier molecular flexibility index (Phi) is 8.90. The molecule has 0 fully saturated rings. The van der Waals surface area contributed by atoms with Gasteiger partial charge in [0.2, 0.25) is 0 Å². The predicted molar refractivity (Wildman–Crippen MR) is 176 cm³/mol. The Morgan fingerprint density at radius 3 is 2.42 bits per heavy atom. The highest BCUT2D eigenvalue weighted by Gasteiger charge is 2.35. The van der Waals surface area contributed by atoms with E-state index in [4.69, 9.17) is 14.1 Å². The van der Waals surface area contributed by atoms with Crippen molar-refractivity contribution in [1.29, 1.82) is 0 Å². The smallest absolute Gasteiger partial charge is 0.338 e. The van der Waals surface area contributed by atoms with Crippen LogP contribution in [0.1, 0.15) is 29.9 Å². The lowest BCUT2D eigenvalue weighted by molar-refractivity contribution is -0.138. The van der Waals surface area contributed by atoms with Crippen LogP contribution in [0.3, 0.4) is 0 Å². The van der Waals surface area contributed by atoms with Gasteiger partial charge in [0, 0.05) is 21.4 Å². The summed E-state index contributed by atoms with van der Waals surface area (Å²) in [5.74, 6) is 0.0280. The zero-order chi connectivity index (χ0) is 29.9. The van der Waals surface area contributed by atoms with Crippen LogP contribution in [0.5, 0.6) is 0 Å². The summed E-state index contributed by atoms with van der Waals surface area (Å²) in [5.41, 5.74) is 2.12. The van der Waals surface area contributed by atoms with Gasteiger partial charge in [-0.25, -0.2) is 9.79 Å². The van der Waals surface area contributed by atoms with Crippen LogP contribution in [-0.2, 0) is 9.53 Å². The van der Waals surface area contributed by atoms with Gasteiger partial charge in [0.05, 0.1) is 32.9 Å². The van der Waals surface area contributed by atoms with Crippen LogP contribution in [0, 0.1) is 0 Å². The van der Waals surface area contributed by atoms with Crippen LogP contribution < -0.4 is 14.9 Å². The fourth-order valence-electron chi connectivity index (χ4n) is 4.78. The molecular formula is C33H25BrN2O4S3. The minimum Gasteiger partial charge on any atom is -0.463 e. The van der Waals surface area contributed by atoms with Crippen molar-refractivity contribution >= 4 is 68.5 Å². The van der Waals surface area contributed by atoms with Crippen molar-refractivity contribution < 1.29 is 13.9 Å². The molecule has 1 aliphatic rings. The lowest BCUT2D eigenvalue weighted by Crippen LogP contribution is -2.40. The predicted octanol–water partition coefficient (Wildman–Crippen LogP) is 7.16. The highest BCUT2D eigenvalue weighted by molar-refractivity contribution is 9.10. The van der Waals surface area contributed by atoms with Crippen molar-refractivity contribution in [3.05, 3.63) is 138 Å². The van der Waals surface area contributed by atoms with Crippen LogP contribution in [0.4, 0.5) is 0 Å². The summed E-state index contributed by atoms with van der Waals surface area (Å²) in [6, 6.07) is 28.5. The number of hydrogen-bond donors (Lipinski definition) is 0. The number of halogens is 1. The Morgan fingerprint density at radius 2 is 1.74 bits per heavy atom. The summed E-state index contributed by atoms with van der Waals surface area (Å²) in [7, 11) is 0. The number of aromatic nitrogens is 1. The lowest BCUT2D eigenvalue weighted by Gasteiger charge is -2.26. The maximum absolute atomic E-state index is 14.1. The zero-order valence-electron chi connectivity index (χ0n) is 23.2. The number of nitrogens with zero attached hydrogens (tertiary/aromatic N) is 2. The van der Waals surface area contributed by atoms with Crippen molar-refractivity contribution in [2.24, 2.45) is 4.99 Å². The largest absolute Gasteiger partial charge is 0.463 e. The third-order valence-electron chi connectivity index (χ3n) is 6.71. The van der Waals surface area contributed by atoms with E-state index in [1.807, 2.05) is 97.3 Å². The minimum atomic E-state index is -0.726. The molecule has 0 radical (unpaired) electrons. The summed E-state index contributed by atoms with van der Waals surface area (Å²) in [5, 5.41) is 0.688. The van der Waals surface area contributed by atoms with Crippen molar-refractivity contribution in [2.45, 2.75) is 27.8 Å². The number of benzene rings is 3. The molecule has 216 valence electrons. The number of furan rings is 1. The van der Waals surface area contributed by atoms with E-state index < -0.39 is 12.0 Å². The van der Waals surface area contributed by atoms with Gasteiger partial charge in [-0.3, -0.25) is 9.36 Å². The van der Waals surface area contributed by atoms with E-state index in [0.29, 0.717) is 31.5 Å². The summed E-state index contributed by atoms with van der Waals surface area (Å²) < 4.78 is 14.5. The Hall–Kier alpha value is -3.57. The first-order valence-corrected chi connectivity index (χ1v) is 17.1. The molecule has 6 nitrogen and oxygen atoms in total. The standard InChI is InChI=1S/C33H25BrN2O4S3/c1-3-39-31(38)27-28(20-10-6-4-7-11-20)35-33-36(29(27)21-14-16-23(41-2)17-15-21)30(37)26(43-33)19-22-18-25(34)32(40-22)42-24-12-8-5-9-13-24/h4-19,29H,3H2,1-2H3/b26-19+/t29-/m1/s1. The minimum absolute atomic E-state index is 0.198. The summed E-state index contributed by atoms with van der Waals surface area (Å²) in [4.78, 5) is 35.2. The van der Waals surface area contributed by atoms with Crippen LogP contribution >= 0.6 is 50.8 Å². The number of thiazole rings is 1. The fourth-order valence-corrected chi connectivity index (χ4v) is 7.52. The van der Waals surface area contributed by atoms with Gasteiger partial charge in [-0.2, -0.15) is 0 Å². The van der Waals surface area contributed by atoms with Crippen LogP contribution in [-0.4, -0.2) is 23.4 Å². The first-order valence-electron chi connectivity index (χ1n) is 13.4. The number of esters is 1. The molecule has 0 N–H and O–H groups in total. The molecule has 0 saturated heterocycles. The third-order valence-corrected chi connectivity index (χ3v) is 10.3. The average Bonchev–Trinajstić information content (AvgIpc) is 3.54. The van der Waals surface area contributed by atoms with Gasteiger partial charge in [0.1, 0.15) is 5.76 Å². The van der Waals surface area contributed by atoms with Gasteiger partial charge in [0.15, 0.2) is 9.89 Å². The topological polar surface area (TPSA) is 73.8 Å². The molecule has 6 rings (SSSR count). The molecular weight excluding hydrogens is 664 g/mol. The molecule has 0 unspecified atom stereocenters. The average molecular weight is 690 g/mol. The van der Waals surface area contributed by atoms with E-state index in [1.165, 1.54) is 23.1 Å². The molecule has 0 amide bonds. The summed E-state index contributed by atoms with van der Waals surface area (Å²) in [6.45, 7) is 1.97. The Morgan fingerprint density at radius 1 is 1.05 bits per heavy atom. The normalized spacial score (nSPS) is 14.9. The van der Waals surface area contributed by atoms with Gasteiger partial charge in [-0.15, -0.1) is 11.8 Å². The second kappa shape index (κ2) is 13.0. The van der Waals surface area contributed by atoms with E-state index in [2.05, 4.69) is 15.9 Å². The van der Waals surface area contributed by atoms with Gasteiger partial charge in [0.25, 0.3) is 5.56 Å². The Balaban J connectivity index is 1.53. The molecule has 1 aliphatic heterocycles. The Labute approximate surface area is 269 Å². The van der Waals surface area contributed by atoms with Crippen molar-refractivity contribution in [1.82, 2.24) is 4.57 Å². The molecule has 0 saturated carbocycles. The number of carbonyl (C=O) groups excluding carboxylic acids is 1. The zero-order valence-corrected chi connectivity index (χ0v) is 27.2. The molecule has 3 aromatic carbocycles. The van der Waals surface area contributed by atoms with Crippen LogP contribution in [0.2, 0.25) is 0 Å². The number of hydrogen-bond acceptors (Lipinski definition) is 8. The van der Waals surface area contributed by atoms with E-state index >= 15 is 0 Å². The highest BCUT2D eigenvalue weighted by atomic mass is 79.9. The van der Waals surface area contributed by atoms with Crippen molar-refractivity contribution in [3.63, 3.8) is 0 Å². The van der Waals surface area contributed by atoms with Gasteiger partial charge < -0.3 is 9.15 Å². The molecule has 3 heterocycles. The number of ether oxygens (including phenoxy) is 1. The number of carbonyl (C=O) groups is 1. The second-order valence-corrected chi connectivity index (χ2v) is 13.2. The first-order chi connectivity index (χ1) is 21.0. The molecule has 2 aromatic heterocycles. The molecule has 0 bridgehead atoms. The molecule has 5 aromatic rings. The maximum Gasteiger partial charge on any atom is 0.338 e. The second-order valence-electron chi connectivity index (χ2n) is 9.40. The lowest BCUT2D eigenvalue weighted by atomic mass is 9.93. The van der Waals surface area contributed by atoms with Gasteiger partial charge in [-0.05, 0) is 65.0 Å². The van der Waals surface area contributed by atoms with Gasteiger partial charge in [-0.1, -0.05) is 83.8 Å². The number of rotatable bonds is 8. The summed E-state index contributed by atoms with van der Waals surface area (Å²) >= 11 is 7.97. The highest BCUT2D eigenvalue weighted by Crippen LogP contribution is 2.37. The monoisotopic (exact) mass is 688 g/mol. The number of fused-ring (bicyclic) bond motifs is 1. The first kappa shape index (κ1) is 29.5. The van der Waals surface area contributed by atoms with Crippen molar-refractivity contribution in [3.8, 4) is 0 Å². The molecule has 0 spiro atoms. The van der Waals surface area contributed by atoms with Gasteiger partial charge >= 0.3 is 5.97 Å². The van der Waals surface area contributed by atoms with E-state index in [0.717, 1.165) is 25.4 Å². The fraction of sp³-hybridized carbons (Fsp3) is 0.121. The molecule has 10 heteroatoms. The van der Waals surface area contributed by atoms with Crippen LogP contribution in [0.25, 0.3) is 11.8 Å². The quantitative estimate of drug-likeness (QED) is 0.127.